The molecule has 2 unspecified atom stereocenters. The minimum Gasteiger partial charge on any atom is -0.391 e. The lowest BCUT2D eigenvalue weighted by Gasteiger charge is -2.07. The molecule has 1 heterocycles. The van der Waals surface area contributed by atoms with Gasteiger partial charge in [-0.15, -0.1) is 0 Å². The Morgan fingerprint density at radius 3 is 2.00 bits per heavy atom. The van der Waals surface area contributed by atoms with Gasteiger partial charge in [-0.2, -0.15) is 0 Å². The topological polar surface area (TPSA) is 44.6 Å². The molecule has 2 N–H and O–H groups in total. The largest absolute Gasteiger partial charge is 0.391 e. The maximum atomic E-state index is 9.53. The van der Waals surface area contributed by atoms with Crippen molar-refractivity contribution in [1.82, 2.24) is 5.32 Å². The van der Waals surface area contributed by atoms with Gasteiger partial charge in [0, 0.05) is 13.0 Å². The molecule has 0 aromatic rings. The van der Waals surface area contributed by atoms with E-state index in [0.29, 0.717) is 0 Å². The summed E-state index contributed by atoms with van der Waals surface area (Å²) in [5.74, 6) is 1.10. The number of nitrogens with one attached hydrogen (secondary N) is 1. The second kappa shape index (κ2) is 16.4. The van der Waals surface area contributed by atoms with Crippen LogP contribution in [0.1, 0.15) is 110 Å². The van der Waals surface area contributed by atoms with Gasteiger partial charge in [-0.05, 0) is 39.0 Å². The van der Waals surface area contributed by atoms with Crippen LogP contribution in [0.5, 0.6) is 0 Å². The van der Waals surface area contributed by atoms with Crippen LogP contribution in [-0.4, -0.2) is 29.6 Å². The van der Waals surface area contributed by atoms with Crippen LogP contribution in [0, 0.1) is 0 Å². The van der Waals surface area contributed by atoms with Crippen LogP contribution in [0.25, 0.3) is 0 Å². The van der Waals surface area contributed by atoms with E-state index in [2.05, 4.69) is 29.4 Å². The van der Waals surface area contributed by atoms with E-state index in [1.807, 2.05) is 6.92 Å². The maximum absolute atomic E-state index is 9.53. The average Bonchev–Trinajstić information content (AvgIpc) is 3.10. The highest BCUT2D eigenvalue weighted by molar-refractivity contribution is 5.83. The summed E-state index contributed by atoms with van der Waals surface area (Å²) in [6, 6.07) is 0.0686. The predicted molar refractivity (Wildman–Crippen MR) is 115 cm³/mol. The summed E-state index contributed by atoms with van der Waals surface area (Å²) in [5, 5.41) is 12.9. The monoisotopic (exact) mass is 364 g/mol. The van der Waals surface area contributed by atoms with Gasteiger partial charge in [0.2, 0.25) is 0 Å². The Bertz CT molecular complexity index is 376. The summed E-state index contributed by atoms with van der Waals surface area (Å²) in [7, 11) is 0. The molecule has 0 saturated carbocycles. The third kappa shape index (κ3) is 12.5. The Kier molecular flexibility index (Phi) is 14.6. The summed E-state index contributed by atoms with van der Waals surface area (Å²) < 4.78 is 0. The van der Waals surface area contributed by atoms with Crippen molar-refractivity contribution in [2.75, 3.05) is 6.54 Å². The van der Waals surface area contributed by atoms with Crippen molar-refractivity contribution in [2.45, 2.75) is 122 Å². The number of hydrogen-bond donors (Lipinski definition) is 2. The van der Waals surface area contributed by atoms with Gasteiger partial charge < -0.3 is 10.4 Å². The Labute approximate surface area is 162 Å². The zero-order chi connectivity index (χ0) is 18.9. The van der Waals surface area contributed by atoms with Crippen molar-refractivity contribution in [3.05, 3.63) is 12.2 Å². The Balaban J connectivity index is 1.80. The Hall–Kier alpha value is -0.830. The highest BCUT2D eigenvalue weighted by Gasteiger charge is 2.20. The van der Waals surface area contributed by atoms with E-state index in [0.717, 1.165) is 18.8 Å². The molecule has 0 amide bonds. The van der Waals surface area contributed by atoms with Gasteiger partial charge in [-0.3, -0.25) is 4.99 Å². The molecule has 152 valence electrons. The minimum absolute atomic E-state index is 0.0686. The number of unbranched alkanes of at least 4 members (excludes halogenated alkanes) is 12. The van der Waals surface area contributed by atoms with E-state index in [1.54, 1.807) is 0 Å². The SMILES string of the molecule is CCCCCCCCC=CCCCCCCCCC1=NC(C(C)O)CN1. The molecule has 1 aliphatic heterocycles. The van der Waals surface area contributed by atoms with Crippen molar-refractivity contribution in [3.63, 3.8) is 0 Å². The van der Waals surface area contributed by atoms with E-state index >= 15 is 0 Å². The smallest absolute Gasteiger partial charge is 0.0969 e. The first-order valence-electron chi connectivity index (χ1n) is 11.4. The lowest BCUT2D eigenvalue weighted by Crippen LogP contribution is -2.27. The highest BCUT2D eigenvalue weighted by atomic mass is 16.3. The number of aliphatic hydroxyl groups is 1. The van der Waals surface area contributed by atoms with Crippen LogP contribution in [0.2, 0.25) is 0 Å². The molecule has 3 heteroatoms. The van der Waals surface area contributed by atoms with Crippen molar-refractivity contribution >= 4 is 5.84 Å². The molecular formula is C23H44N2O. The first kappa shape index (κ1) is 23.2. The average molecular weight is 365 g/mol. The van der Waals surface area contributed by atoms with Crippen molar-refractivity contribution in [3.8, 4) is 0 Å². The fraction of sp³-hybridized carbons (Fsp3) is 0.870. The molecule has 0 bridgehead atoms. The molecule has 3 nitrogen and oxygen atoms in total. The van der Waals surface area contributed by atoms with Crippen molar-refractivity contribution in [1.29, 1.82) is 0 Å². The standard InChI is InChI=1S/C23H44N2O/c1-3-4-5-6-7-8-9-10-11-12-13-14-15-16-17-18-19-23-24-20-22(25-23)21(2)26/h10-11,21-22,26H,3-9,12-20H2,1-2H3,(H,24,25). The maximum Gasteiger partial charge on any atom is 0.0969 e. The quantitative estimate of drug-likeness (QED) is 0.239. The van der Waals surface area contributed by atoms with Crippen LogP contribution >= 0.6 is 0 Å². The van der Waals surface area contributed by atoms with Gasteiger partial charge >= 0.3 is 0 Å². The van der Waals surface area contributed by atoms with Crippen LogP contribution < -0.4 is 5.32 Å². The second-order valence-electron chi connectivity index (χ2n) is 7.95. The van der Waals surface area contributed by atoms with Crippen LogP contribution in [0.4, 0.5) is 0 Å². The number of aliphatic hydroxyl groups excluding tert-OH is 1. The third-order valence-electron chi connectivity index (χ3n) is 5.32. The molecule has 1 rings (SSSR count). The van der Waals surface area contributed by atoms with E-state index in [-0.39, 0.29) is 12.1 Å². The lowest BCUT2D eigenvalue weighted by molar-refractivity contribution is 0.169. The van der Waals surface area contributed by atoms with Gasteiger partial charge in [-0.25, -0.2) is 0 Å². The van der Waals surface area contributed by atoms with Gasteiger partial charge in [0.1, 0.15) is 0 Å². The molecule has 0 spiro atoms. The molecule has 0 fully saturated rings. The van der Waals surface area contributed by atoms with E-state index in [1.165, 1.54) is 89.9 Å². The second-order valence-corrected chi connectivity index (χ2v) is 7.95. The Morgan fingerprint density at radius 2 is 1.46 bits per heavy atom. The molecule has 2 atom stereocenters. The van der Waals surface area contributed by atoms with Crippen molar-refractivity contribution in [2.24, 2.45) is 4.99 Å². The van der Waals surface area contributed by atoms with Crippen LogP contribution in [0.15, 0.2) is 17.1 Å². The van der Waals surface area contributed by atoms with Crippen LogP contribution in [-0.2, 0) is 0 Å². The molecule has 0 aliphatic carbocycles. The number of rotatable bonds is 17. The summed E-state index contributed by atoms with van der Waals surface area (Å²) in [5.41, 5.74) is 0. The third-order valence-corrected chi connectivity index (χ3v) is 5.32. The van der Waals surface area contributed by atoms with E-state index in [9.17, 15) is 5.11 Å². The zero-order valence-corrected chi connectivity index (χ0v) is 17.5. The summed E-state index contributed by atoms with van der Waals surface area (Å²) in [6.07, 6.45) is 24.4. The first-order chi connectivity index (χ1) is 12.7. The predicted octanol–water partition coefficient (Wildman–Crippen LogP) is 6.17. The molecule has 0 aromatic carbocycles. The number of nitrogens with zero attached hydrogens (tertiary/aromatic N) is 1. The van der Waals surface area contributed by atoms with E-state index < -0.39 is 0 Å². The summed E-state index contributed by atoms with van der Waals surface area (Å²) >= 11 is 0. The van der Waals surface area contributed by atoms with E-state index in [4.69, 9.17) is 0 Å². The fourth-order valence-corrected chi connectivity index (χ4v) is 3.49. The fourth-order valence-electron chi connectivity index (χ4n) is 3.49. The number of hydrogen-bond acceptors (Lipinski definition) is 3. The highest BCUT2D eigenvalue weighted by Crippen LogP contribution is 2.12. The summed E-state index contributed by atoms with van der Waals surface area (Å²) in [4.78, 5) is 4.54. The lowest BCUT2D eigenvalue weighted by atomic mass is 10.1. The summed E-state index contributed by atoms with van der Waals surface area (Å²) in [6.45, 7) is 4.90. The van der Waals surface area contributed by atoms with Crippen molar-refractivity contribution < 1.29 is 5.11 Å². The first-order valence-corrected chi connectivity index (χ1v) is 11.4. The van der Waals surface area contributed by atoms with Gasteiger partial charge in [0.05, 0.1) is 18.0 Å². The number of amidine groups is 1. The molecule has 0 radical (unpaired) electrons. The molecule has 1 aliphatic rings. The minimum atomic E-state index is -0.333. The van der Waals surface area contributed by atoms with Crippen LogP contribution in [0.3, 0.4) is 0 Å². The molecular weight excluding hydrogens is 320 g/mol. The zero-order valence-electron chi connectivity index (χ0n) is 17.5. The Morgan fingerprint density at radius 1 is 0.923 bits per heavy atom. The van der Waals surface area contributed by atoms with Gasteiger partial charge in [-0.1, -0.05) is 76.9 Å². The molecule has 0 aromatic heterocycles. The number of allylic oxidation sites excluding steroid dienone is 2. The molecule has 26 heavy (non-hydrogen) atoms. The number of aliphatic imine (C=N–C) groups is 1. The molecule has 0 saturated heterocycles. The van der Waals surface area contributed by atoms with Gasteiger partial charge in [0.25, 0.3) is 0 Å². The van der Waals surface area contributed by atoms with Gasteiger partial charge in [0.15, 0.2) is 0 Å². The normalized spacial score (nSPS) is 18.3.